The average molecular weight is 315 g/mol. The minimum absolute atomic E-state index is 0.0768. The molecule has 0 aliphatic heterocycles. The zero-order chi connectivity index (χ0) is 13.7. The molecule has 0 bridgehead atoms. The molecule has 0 radical (unpaired) electrons. The summed E-state index contributed by atoms with van der Waals surface area (Å²) >= 11 is 3.48. The molecule has 1 aromatic rings. The van der Waals surface area contributed by atoms with Crippen LogP contribution in [-0.2, 0) is 11.2 Å². The van der Waals surface area contributed by atoms with Gasteiger partial charge in [0.15, 0.2) is 6.10 Å². The lowest BCUT2D eigenvalue weighted by Crippen LogP contribution is -2.33. The molecule has 1 rings (SSSR count). The number of nitrogens with two attached hydrogens (primary N) is 1. The summed E-state index contributed by atoms with van der Waals surface area (Å²) in [5.41, 5.74) is 6.86. The van der Waals surface area contributed by atoms with Crippen LogP contribution < -0.4 is 15.8 Å². The molecule has 2 unspecified atom stereocenters. The zero-order valence-corrected chi connectivity index (χ0v) is 12.5. The molecule has 18 heavy (non-hydrogen) atoms. The van der Waals surface area contributed by atoms with Crippen molar-refractivity contribution in [1.82, 2.24) is 5.32 Å². The highest BCUT2D eigenvalue weighted by Gasteiger charge is 2.13. The van der Waals surface area contributed by atoms with Crippen molar-refractivity contribution in [1.29, 1.82) is 0 Å². The van der Waals surface area contributed by atoms with Crippen LogP contribution in [0.2, 0.25) is 0 Å². The maximum absolute atomic E-state index is 11.4. The van der Waals surface area contributed by atoms with E-state index >= 15 is 0 Å². The highest BCUT2D eigenvalue weighted by Crippen LogP contribution is 2.24. The number of rotatable bonds is 5. The maximum atomic E-state index is 11.4. The molecule has 1 aromatic carbocycles. The topological polar surface area (TPSA) is 64.3 Å². The molecule has 0 aliphatic carbocycles. The summed E-state index contributed by atoms with van der Waals surface area (Å²) in [6.07, 6.45) is 0.242. The molecule has 100 valence electrons. The van der Waals surface area contributed by atoms with Gasteiger partial charge in [0.2, 0.25) is 0 Å². The van der Waals surface area contributed by atoms with E-state index in [-0.39, 0.29) is 11.9 Å². The molecule has 1 amide bonds. The number of ether oxygens (including phenoxy) is 1. The van der Waals surface area contributed by atoms with Crippen LogP contribution >= 0.6 is 15.9 Å². The third-order valence-corrected chi connectivity index (χ3v) is 3.26. The largest absolute Gasteiger partial charge is 0.481 e. The number of amides is 1. The van der Waals surface area contributed by atoms with Gasteiger partial charge in [-0.1, -0.05) is 15.9 Å². The van der Waals surface area contributed by atoms with E-state index in [1.165, 1.54) is 0 Å². The van der Waals surface area contributed by atoms with Crippen LogP contribution in [0.15, 0.2) is 22.7 Å². The Morgan fingerprint density at radius 3 is 2.72 bits per heavy atom. The van der Waals surface area contributed by atoms with Crippen molar-refractivity contribution in [2.45, 2.75) is 32.4 Å². The summed E-state index contributed by atoms with van der Waals surface area (Å²) in [5.74, 6) is 0.525. The number of hydrogen-bond donors (Lipinski definition) is 2. The average Bonchev–Trinajstić information content (AvgIpc) is 2.31. The van der Waals surface area contributed by atoms with Crippen LogP contribution in [-0.4, -0.2) is 25.1 Å². The van der Waals surface area contributed by atoms with Gasteiger partial charge in [0, 0.05) is 17.6 Å². The Morgan fingerprint density at radius 2 is 2.17 bits per heavy atom. The van der Waals surface area contributed by atoms with Gasteiger partial charge >= 0.3 is 0 Å². The van der Waals surface area contributed by atoms with Gasteiger partial charge in [0.05, 0.1) is 0 Å². The summed E-state index contributed by atoms with van der Waals surface area (Å²) in [6.45, 7) is 3.67. The van der Waals surface area contributed by atoms with Gasteiger partial charge in [-0.3, -0.25) is 4.79 Å². The number of nitrogens with one attached hydrogen (secondary N) is 1. The minimum atomic E-state index is -0.515. The van der Waals surface area contributed by atoms with Crippen molar-refractivity contribution < 1.29 is 9.53 Å². The summed E-state index contributed by atoms with van der Waals surface area (Å²) in [7, 11) is 1.59. The fraction of sp³-hybridized carbons (Fsp3) is 0.462. The molecule has 2 atom stereocenters. The highest BCUT2D eigenvalue weighted by molar-refractivity contribution is 9.10. The van der Waals surface area contributed by atoms with Crippen LogP contribution in [0.3, 0.4) is 0 Å². The predicted molar refractivity (Wildman–Crippen MR) is 75.7 cm³/mol. The van der Waals surface area contributed by atoms with Crippen molar-refractivity contribution in [3.63, 3.8) is 0 Å². The van der Waals surface area contributed by atoms with Crippen molar-refractivity contribution in [2.24, 2.45) is 5.73 Å². The summed E-state index contributed by atoms with van der Waals surface area (Å²) in [4.78, 5) is 11.4. The number of hydrogen-bond acceptors (Lipinski definition) is 3. The first-order valence-electron chi connectivity index (χ1n) is 5.86. The van der Waals surface area contributed by atoms with Crippen molar-refractivity contribution >= 4 is 21.8 Å². The molecule has 0 aromatic heterocycles. The Hall–Kier alpha value is -1.07. The van der Waals surface area contributed by atoms with E-state index in [1.807, 2.05) is 25.1 Å². The number of halogens is 1. The van der Waals surface area contributed by atoms with Gasteiger partial charge in [0.1, 0.15) is 5.75 Å². The molecule has 0 saturated carbocycles. The van der Waals surface area contributed by atoms with Gasteiger partial charge in [-0.05, 0) is 44.0 Å². The Labute approximate surface area is 116 Å². The molecule has 0 saturated heterocycles. The summed E-state index contributed by atoms with van der Waals surface area (Å²) in [6, 6.07) is 5.72. The van der Waals surface area contributed by atoms with Crippen LogP contribution in [0.5, 0.6) is 5.75 Å². The third-order valence-electron chi connectivity index (χ3n) is 2.49. The molecular formula is C13H19BrN2O2. The van der Waals surface area contributed by atoms with Crippen molar-refractivity contribution in [2.75, 3.05) is 7.05 Å². The van der Waals surface area contributed by atoms with E-state index in [2.05, 4.69) is 21.2 Å². The molecule has 0 aliphatic rings. The highest BCUT2D eigenvalue weighted by atomic mass is 79.9. The maximum Gasteiger partial charge on any atom is 0.260 e. The van der Waals surface area contributed by atoms with Gasteiger partial charge in [-0.2, -0.15) is 0 Å². The normalized spacial score (nSPS) is 13.8. The lowest BCUT2D eigenvalue weighted by atomic mass is 10.1. The summed E-state index contributed by atoms with van der Waals surface area (Å²) < 4.78 is 6.57. The number of carbonyl (C=O) groups excluding carboxylic acids is 1. The minimum Gasteiger partial charge on any atom is -0.481 e. The van der Waals surface area contributed by atoms with Crippen LogP contribution in [0, 0.1) is 0 Å². The number of likely N-dealkylation sites (N-methyl/N-ethyl adjacent to an activating group) is 1. The fourth-order valence-electron chi connectivity index (χ4n) is 1.59. The smallest absolute Gasteiger partial charge is 0.260 e. The molecule has 3 N–H and O–H groups in total. The monoisotopic (exact) mass is 314 g/mol. The Kier molecular flexibility index (Phi) is 5.62. The molecule has 5 heteroatoms. The van der Waals surface area contributed by atoms with Crippen LogP contribution in [0.4, 0.5) is 0 Å². The quantitative estimate of drug-likeness (QED) is 0.871. The Balaban J connectivity index is 2.81. The van der Waals surface area contributed by atoms with E-state index in [0.29, 0.717) is 5.75 Å². The van der Waals surface area contributed by atoms with Gasteiger partial charge in [-0.25, -0.2) is 0 Å². The van der Waals surface area contributed by atoms with E-state index < -0.39 is 6.10 Å². The van der Waals surface area contributed by atoms with Gasteiger partial charge in [-0.15, -0.1) is 0 Å². The zero-order valence-electron chi connectivity index (χ0n) is 10.9. The molecular weight excluding hydrogens is 296 g/mol. The third kappa shape index (κ3) is 4.31. The second kappa shape index (κ2) is 6.75. The number of benzene rings is 1. The molecule has 4 nitrogen and oxygen atoms in total. The van der Waals surface area contributed by atoms with Gasteiger partial charge < -0.3 is 15.8 Å². The standard InChI is InChI=1S/C13H19BrN2O2/c1-8(15)6-10-7-11(4-5-12(10)14)18-9(2)13(17)16-3/h4-5,7-9H,6,15H2,1-3H3,(H,16,17). The lowest BCUT2D eigenvalue weighted by Gasteiger charge is -2.15. The van der Waals surface area contributed by atoms with Gasteiger partial charge in [0.25, 0.3) is 5.91 Å². The first kappa shape index (κ1) is 15.0. The fourth-order valence-corrected chi connectivity index (χ4v) is 2.00. The first-order chi connectivity index (χ1) is 8.43. The van der Waals surface area contributed by atoms with E-state index in [4.69, 9.17) is 10.5 Å². The Morgan fingerprint density at radius 1 is 1.50 bits per heavy atom. The molecule has 0 heterocycles. The predicted octanol–water partition coefficient (Wildman–Crippen LogP) is 1.85. The first-order valence-corrected chi connectivity index (χ1v) is 6.65. The van der Waals surface area contributed by atoms with E-state index in [0.717, 1.165) is 16.5 Å². The van der Waals surface area contributed by atoms with E-state index in [1.54, 1.807) is 14.0 Å². The molecule has 0 spiro atoms. The second-order valence-corrected chi connectivity index (χ2v) is 5.16. The Bertz CT molecular complexity index is 421. The SMILES string of the molecule is CNC(=O)C(C)Oc1ccc(Br)c(CC(C)N)c1. The molecule has 0 fully saturated rings. The summed E-state index contributed by atoms with van der Waals surface area (Å²) in [5, 5.41) is 2.55. The van der Waals surface area contributed by atoms with Crippen LogP contribution in [0.25, 0.3) is 0 Å². The second-order valence-electron chi connectivity index (χ2n) is 4.31. The van der Waals surface area contributed by atoms with E-state index in [9.17, 15) is 4.79 Å². The van der Waals surface area contributed by atoms with Crippen molar-refractivity contribution in [3.05, 3.63) is 28.2 Å². The van der Waals surface area contributed by atoms with Crippen molar-refractivity contribution in [3.8, 4) is 5.75 Å². The number of carbonyl (C=O) groups is 1. The lowest BCUT2D eigenvalue weighted by molar-refractivity contribution is -0.126. The van der Waals surface area contributed by atoms with Crippen LogP contribution in [0.1, 0.15) is 19.4 Å².